The fourth-order valence-corrected chi connectivity index (χ4v) is 14.7. The van der Waals surface area contributed by atoms with Gasteiger partial charge in [-0.25, -0.2) is 59.8 Å². The summed E-state index contributed by atoms with van der Waals surface area (Å²) in [5, 5.41) is 0. The fourth-order valence-electron chi connectivity index (χ4n) is 14.7. The highest BCUT2D eigenvalue weighted by Crippen LogP contribution is 2.34. The van der Waals surface area contributed by atoms with E-state index in [2.05, 4.69) is 388 Å². The van der Waals surface area contributed by atoms with Gasteiger partial charge in [0.2, 0.25) is 0 Å². The van der Waals surface area contributed by atoms with Crippen molar-refractivity contribution in [3.05, 3.63) is 358 Å². The van der Waals surface area contributed by atoms with E-state index < -0.39 is 0 Å². The third-order valence-electron chi connectivity index (χ3n) is 22.9. The van der Waals surface area contributed by atoms with Crippen LogP contribution in [-0.4, -0.2) is 59.8 Å². The van der Waals surface area contributed by atoms with Crippen molar-refractivity contribution in [2.45, 2.75) is 205 Å². The molecule has 0 saturated carbocycles. The molecule has 16 rings (SSSR count). The lowest BCUT2D eigenvalue weighted by atomic mass is 9.87. The second-order valence-corrected chi connectivity index (χ2v) is 35.0. The first kappa shape index (κ1) is 91.4. The minimum Gasteiger partial charge on any atom is -0.208 e. The summed E-state index contributed by atoms with van der Waals surface area (Å²) in [6, 6.07) is 101. The number of hydrogen-bond acceptors (Lipinski definition) is 12. The molecule has 0 aliphatic heterocycles. The van der Waals surface area contributed by atoms with Crippen molar-refractivity contribution in [1.29, 1.82) is 0 Å². The van der Waals surface area contributed by atoms with Crippen LogP contribution in [0.3, 0.4) is 0 Å². The van der Waals surface area contributed by atoms with Crippen molar-refractivity contribution < 1.29 is 0 Å². The predicted octanol–water partition coefficient (Wildman–Crippen LogP) is 30.1. The molecule has 0 saturated heterocycles. The van der Waals surface area contributed by atoms with Gasteiger partial charge in [0.1, 0.15) is 0 Å². The van der Waals surface area contributed by atoms with E-state index in [1.165, 1.54) is 157 Å². The Morgan fingerprint density at radius 2 is 0.283 bits per heavy atom. The molecule has 4 heterocycles. The average Bonchev–Trinajstić information content (AvgIpc) is 0.814. The van der Waals surface area contributed by atoms with E-state index in [9.17, 15) is 0 Å². The third-order valence-corrected chi connectivity index (χ3v) is 22.9. The summed E-state index contributed by atoms with van der Waals surface area (Å²) in [4.78, 5) is 57.8. The second-order valence-electron chi connectivity index (χ2n) is 35.0. The Bertz CT molecular complexity index is 5780. The highest BCUT2D eigenvalue weighted by atomic mass is 15.1. The van der Waals surface area contributed by atoms with Crippen LogP contribution < -0.4 is 0 Å². The van der Waals surface area contributed by atoms with Crippen LogP contribution in [0.4, 0.5) is 0 Å². The first-order valence-corrected chi connectivity index (χ1v) is 45.6. The van der Waals surface area contributed by atoms with Crippen LogP contribution in [-0.2, 0) is 18.3 Å². The largest absolute Gasteiger partial charge is 0.208 e. The summed E-state index contributed by atoms with van der Waals surface area (Å²) in [5.41, 5.74) is 27.1. The van der Waals surface area contributed by atoms with Gasteiger partial charge >= 0.3 is 0 Å². The van der Waals surface area contributed by atoms with Crippen LogP contribution in [0.15, 0.2) is 291 Å². The standard InChI is InChI=1S/C35H43N3.C29H31N3.C27H27N3.C24H21N3/c1-4-5-6-7-8-9-10-11-12-13-14-29-19-25-32(26-20-29)35-37-33(30-21-15-27(2)16-22-30)36-34(38-35)31-23-17-28(3)18-24-31;1-4-5-6-7-8-23-13-19-26(20-14-23)29-31-27(24-15-9-21(2)10-16-24)30-28(32-29)25-17-11-22(3)12-18-25;1-18-6-10-20(11-7-18)24-28-25(21-12-8-19(2)9-13-21)30-26(29-24)22-14-16-23(17-15-22)27(3,4)5;1-16-4-10-19(11-5-16)22-25-23(20-12-6-17(2)7-13-20)27-24(26-22)21-14-8-18(3)9-15-21/h15-26H,4-14H2,1-3H3;9-20H,4-8H2,1-3H3;6-17H,1-5H3;4-15H,1-3H3. The Morgan fingerprint density at radius 1 is 0.157 bits per heavy atom. The zero-order valence-corrected chi connectivity index (χ0v) is 76.9. The van der Waals surface area contributed by atoms with E-state index in [4.69, 9.17) is 59.8 Å². The number of benzene rings is 12. The Hall–Kier alpha value is -13.3. The molecule has 0 atom stereocenters. The number of aryl methyl sites for hydroxylation is 11. The maximum Gasteiger partial charge on any atom is 0.164 e. The minimum atomic E-state index is 0.109. The molecule has 0 N–H and O–H groups in total. The number of unbranched alkanes of at least 4 members (excludes halogenated alkanes) is 12. The van der Waals surface area contributed by atoms with Crippen LogP contribution in [0.2, 0.25) is 0 Å². The molecule has 0 fully saturated rings. The average molecular weight is 1670 g/mol. The Labute approximate surface area is 754 Å². The highest BCUT2D eigenvalue weighted by Gasteiger charge is 2.20. The molecule has 127 heavy (non-hydrogen) atoms. The quantitative estimate of drug-likeness (QED) is 0.0429. The van der Waals surface area contributed by atoms with E-state index in [1.807, 2.05) is 0 Å². The van der Waals surface area contributed by atoms with Gasteiger partial charge in [-0.3, -0.25) is 0 Å². The van der Waals surface area contributed by atoms with E-state index in [-0.39, 0.29) is 5.41 Å². The van der Waals surface area contributed by atoms with Crippen molar-refractivity contribution in [3.63, 3.8) is 0 Å². The van der Waals surface area contributed by atoms with Crippen LogP contribution in [0.5, 0.6) is 0 Å². The molecule has 0 radical (unpaired) electrons. The lowest BCUT2D eigenvalue weighted by Crippen LogP contribution is -2.10. The molecule has 12 heteroatoms. The van der Waals surface area contributed by atoms with Crippen molar-refractivity contribution in [2.75, 3.05) is 0 Å². The van der Waals surface area contributed by atoms with E-state index >= 15 is 0 Å². The number of nitrogens with zero attached hydrogens (tertiary/aromatic N) is 12. The van der Waals surface area contributed by atoms with Gasteiger partial charge in [-0.2, -0.15) is 0 Å². The van der Waals surface area contributed by atoms with Crippen molar-refractivity contribution >= 4 is 0 Å². The normalized spacial score (nSPS) is 11.1. The zero-order valence-electron chi connectivity index (χ0n) is 76.9. The summed E-state index contributed by atoms with van der Waals surface area (Å²) in [5.74, 6) is 8.40. The lowest BCUT2D eigenvalue weighted by molar-refractivity contribution is 0.556. The smallest absolute Gasteiger partial charge is 0.164 e. The molecule has 0 bridgehead atoms. The van der Waals surface area contributed by atoms with E-state index in [0.29, 0.717) is 64.1 Å². The topological polar surface area (TPSA) is 155 Å². The molecule has 4 aromatic heterocycles. The first-order chi connectivity index (χ1) is 61.6. The molecule has 12 aromatic carbocycles. The van der Waals surface area contributed by atoms with Gasteiger partial charge in [-0.05, 0) is 110 Å². The van der Waals surface area contributed by atoms with Gasteiger partial charge < -0.3 is 0 Å². The predicted molar refractivity (Wildman–Crippen MR) is 529 cm³/mol. The van der Waals surface area contributed by atoms with Gasteiger partial charge in [-0.1, -0.05) is 453 Å². The summed E-state index contributed by atoms with van der Waals surface area (Å²) in [7, 11) is 0. The molecular formula is C115H122N12. The maximum absolute atomic E-state index is 4.88. The van der Waals surface area contributed by atoms with Crippen LogP contribution in [0.25, 0.3) is 137 Å². The summed E-state index contributed by atoms with van der Waals surface area (Å²) in [6.07, 6.45) is 21.1. The van der Waals surface area contributed by atoms with Gasteiger partial charge in [-0.15, -0.1) is 0 Å². The SMILES string of the molecule is CCCCCCCCCCCCc1ccc(-c2nc(-c3ccc(C)cc3)nc(-c3ccc(C)cc3)n2)cc1.CCCCCCc1ccc(-c2nc(-c3ccc(C)cc3)nc(-c3ccc(C)cc3)n2)cc1.Cc1ccc(-c2nc(-c3ccc(C)cc3)nc(-c3ccc(C(C)(C)C)cc3)n2)cc1.Cc1ccc(-c2nc(-c3ccc(C)cc3)nc(-c3ccc(C)cc3)n2)cc1. The Morgan fingerprint density at radius 3 is 0.433 bits per heavy atom. The summed E-state index contributed by atoms with van der Waals surface area (Å²) >= 11 is 0. The van der Waals surface area contributed by atoms with Crippen molar-refractivity contribution in [3.8, 4) is 137 Å². The maximum atomic E-state index is 4.88. The molecule has 642 valence electrons. The molecule has 0 amide bonds. The number of rotatable bonds is 28. The van der Waals surface area contributed by atoms with Gasteiger partial charge in [0.15, 0.2) is 69.9 Å². The van der Waals surface area contributed by atoms with E-state index in [0.717, 1.165) is 85.4 Å². The summed E-state index contributed by atoms with van der Waals surface area (Å²) in [6.45, 7) is 29.9. The highest BCUT2D eigenvalue weighted by molar-refractivity contribution is 5.72. The molecule has 12 nitrogen and oxygen atoms in total. The third kappa shape index (κ3) is 26.9. The second kappa shape index (κ2) is 45.0. The Balaban J connectivity index is 0.000000146. The van der Waals surface area contributed by atoms with Crippen molar-refractivity contribution in [2.24, 2.45) is 0 Å². The molecule has 0 unspecified atom stereocenters. The lowest BCUT2D eigenvalue weighted by Gasteiger charge is -2.19. The monoisotopic (exact) mass is 1670 g/mol. The number of aromatic nitrogens is 12. The minimum absolute atomic E-state index is 0.109. The van der Waals surface area contributed by atoms with Crippen LogP contribution >= 0.6 is 0 Å². The van der Waals surface area contributed by atoms with Gasteiger partial charge in [0.05, 0.1) is 0 Å². The molecule has 0 aliphatic carbocycles. The molecule has 0 spiro atoms. The molecule has 16 aromatic rings. The molecular weight excluding hydrogens is 1550 g/mol. The number of hydrogen-bond donors (Lipinski definition) is 0. The van der Waals surface area contributed by atoms with E-state index in [1.54, 1.807) is 0 Å². The Kier molecular flexibility index (Phi) is 32.4. The van der Waals surface area contributed by atoms with Gasteiger partial charge in [0, 0.05) is 66.8 Å². The van der Waals surface area contributed by atoms with Gasteiger partial charge in [0.25, 0.3) is 0 Å². The van der Waals surface area contributed by atoms with Crippen LogP contribution in [0, 0.1) is 62.3 Å². The van der Waals surface area contributed by atoms with Crippen molar-refractivity contribution in [1.82, 2.24) is 59.8 Å². The summed E-state index contributed by atoms with van der Waals surface area (Å²) < 4.78 is 0. The first-order valence-electron chi connectivity index (χ1n) is 45.6. The van der Waals surface area contributed by atoms with Crippen LogP contribution in [0.1, 0.15) is 191 Å². The molecule has 0 aliphatic rings. The fraction of sp³-hybridized carbons (Fsp3) is 0.270. The zero-order chi connectivity index (χ0) is 89.0.